The average Bonchev–Trinajstić information content (AvgIpc) is 3.03. The van der Waals surface area contributed by atoms with Gasteiger partial charge in [0.1, 0.15) is 5.82 Å². The van der Waals surface area contributed by atoms with E-state index in [1.54, 1.807) is 18.6 Å². The molecule has 2 fully saturated rings. The lowest BCUT2D eigenvalue weighted by Crippen LogP contribution is -2.46. The molecule has 0 radical (unpaired) electrons. The molecular weight excluding hydrogens is 256 g/mol. The summed E-state index contributed by atoms with van der Waals surface area (Å²) < 4.78 is 5.26. The van der Waals surface area contributed by atoms with Crippen molar-refractivity contribution in [2.75, 3.05) is 31.2 Å². The van der Waals surface area contributed by atoms with E-state index < -0.39 is 0 Å². The van der Waals surface area contributed by atoms with Crippen LogP contribution in [0.5, 0.6) is 0 Å². The van der Waals surface area contributed by atoms with Gasteiger partial charge in [0.2, 0.25) is 5.91 Å². The number of nitrogens with one attached hydrogen (secondary N) is 1. The Bertz CT molecular complexity index is 440. The fraction of sp³-hybridized carbons (Fsp3) is 0.643. The van der Waals surface area contributed by atoms with E-state index in [-0.39, 0.29) is 17.9 Å². The molecule has 1 aromatic rings. The highest BCUT2D eigenvalue weighted by atomic mass is 16.5. The number of ether oxygens (including phenoxy) is 1. The summed E-state index contributed by atoms with van der Waals surface area (Å²) in [6.45, 7) is 3.10. The number of carbonyl (C=O) groups is 1. The first-order chi connectivity index (χ1) is 9.83. The van der Waals surface area contributed by atoms with Crippen molar-refractivity contribution in [2.45, 2.75) is 25.3 Å². The van der Waals surface area contributed by atoms with E-state index in [2.05, 4.69) is 20.2 Å². The molecule has 6 nitrogen and oxygen atoms in total. The van der Waals surface area contributed by atoms with Crippen molar-refractivity contribution in [2.24, 2.45) is 5.92 Å². The van der Waals surface area contributed by atoms with Gasteiger partial charge in [0.25, 0.3) is 0 Å². The molecule has 1 N–H and O–H groups in total. The van der Waals surface area contributed by atoms with Crippen molar-refractivity contribution >= 4 is 11.7 Å². The van der Waals surface area contributed by atoms with Gasteiger partial charge in [0, 0.05) is 38.1 Å². The molecule has 6 heteroatoms. The summed E-state index contributed by atoms with van der Waals surface area (Å²) in [6, 6.07) is 0.274. The van der Waals surface area contributed by atoms with E-state index in [1.165, 1.54) is 0 Å². The predicted octanol–water partition coefficient (Wildman–Crippen LogP) is 0.598. The molecule has 0 aliphatic carbocycles. The monoisotopic (exact) mass is 276 g/mol. The maximum absolute atomic E-state index is 12.0. The summed E-state index contributed by atoms with van der Waals surface area (Å²) in [4.78, 5) is 22.7. The largest absolute Gasteiger partial charge is 0.381 e. The first-order valence-electron chi connectivity index (χ1n) is 7.22. The van der Waals surface area contributed by atoms with Crippen LogP contribution in [0.25, 0.3) is 0 Å². The third kappa shape index (κ3) is 3.07. The Balaban J connectivity index is 1.47. The highest BCUT2D eigenvalue weighted by molar-refractivity contribution is 5.79. The molecule has 1 amide bonds. The third-order valence-electron chi connectivity index (χ3n) is 4.02. The second-order valence-electron chi connectivity index (χ2n) is 5.39. The zero-order chi connectivity index (χ0) is 13.8. The number of anilines is 1. The number of piperidine rings is 1. The van der Waals surface area contributed by atoms with E-state index >= 15 is 0 Å². The quantitative estimate of drug-likeness (QED) is 0.875. The van der Waals surface area contributed by atoms with E-state index in [1.807, 2.05) is 0 Å². The van der Waals surface area contributed by atoms with Crippen molar-refractivity contribution in [1.82, 2.24) is 15.3 Å². The van der Waals surface area contributed by atoms with Crippen LogP contribution in [-0.4, -0.2) is 48.2 Å². The van der Waals surface area contributed by atoms with Crippen molar-refractivity contribution in [3.63, 3.8) is 0 Å². The van der Waals surface area contributed by atoms with Crippen LogP contribution >= 0.6 is 0 Å². The summed E-state index contributed by atoms with van der Waals surface area (Å²) in [5, 5.41) is 3.15. The van der Waals surface area contributed by atoms with Gasteiger partial charge in [0.15, 0.2) is 0 Å². The minimum Gasteiger partial charge on any atom is -0.381 e. The predicted molar refractivity (Wildman–Crippen MR) is 74.3 cm³/mol. The molecule has 108 valence electrons. The van der Waals surface area contributed by atoms with Crippen LogP contribution in [0.3, 0.4) is 0 Å². The van der Waals surface area contributed by atoms with Crippen molar-refractivity contribution < 1.29 is 9.53 Å². The van der Waals surface area contributed by atoms with Crippen molar-refractivity contribution in [3.8, 4) is 0 Å². The molecule has 0 spiro atoms. The van der Waals surface area contributed by atoms with Crippen LogP contribution < -0.4 is 10.2 Å². The van der Waals surface area contributed by atoms with E-state index in [0.717, 1.165) is 38.2 Å². The number of nitrogens with zero attached hydrogens (tertiary/aromatic N) is 3. The van der Waals surface area contributed by atoms with Crippen molar-refractivity contribution in [3.05, 3.63) is 18.6 Å². The SMILES string of the molecule is O=C(NC1CCN(c2cnccn2)CC1)[C@H]1CCOC1. The van der Waals surface area contributed by atoms with Crippen LogP contribution in [-0.2, 0) is 9.53 Å². The van der Waals surface area contributed by atoms with Crippen LogP contribution in [0.1, 0.15) is 19.3 Å². The second-order valence-corrected chi connectivity index (χ2v) is 5.39. The highest BCUT2D eigenvalue weighted by Gasteiger charge is 2.27. The Morgan fingerprint density at radius 3 is 2.80 bits per heavy atom. The molecular formula is C14H20N4O2. The van der Waals surface area contributed by atoms with Crippen LogP contribution in [0.15, 0.2) is 18.6 Å². The van der Waals surface area contributed by atoms with Gasteiger partial charge in [-0.3, -0.25) is 9.78 Å². The third-order valence-corrected chi connectivity index (χ3v) is 4.02. The summed E-state index contributed by atoms with van der Waals surface area (Å²) >= 11 is 0. The molecule has 3 rings (SSSR count). The van der Waals surface area contributed by atoms with E-state index in [0.29, 0.717) is 13.2 Å². The highest BCUT2D eigenvalue weighted by Crippen LogP contribution is 2.18. The van der Waals surface area contributed by atoms with Gasteiger partial charge in [-0.2, -0.15) is 0 Å². The lowest BCUT2D eigenvalue weighted by molar-refractivity contribution is -0.125. The smallest absolute Gasteiger partial charge is 0.225 e. The van der Waals surface area contributed by atoms with Gasteiger partial charge in [-0.15, -0.1) is 0 Å². The standard InChI is InChI=1S/C14H20N4O2/c19-14(11-3-8-20-10-11)17-12-1-6-18(7-2-12)13-9-15-4-5-16-13/h4-5,9,11-12H,1-3,6-8,10H2,(H,17,19)/t11-/m0/s1. The summed E-state index contributed by atoms with van der Waals surface area (Å²) in [5.41, 5.74) is 0. The molecule has 2 saturated heterocycles. The first-order valence-corrected chi connectivity index (χ1v) is 7.22. The minimum atomic E-state index is 0.0491. The van der Waals surface area contributed by atoms with Gasteiger partial charge < -0.3 is 15.0 Å². The molecule has 1 atom stereocenters. The molecule has 0 unspecified atom stereocenters. The fourth-order valence-electron chi connectivity index (χ4n) is 2.77. The molecule has 0 saturated carbocycles. The molecule has 3 heterocycles. The number of carbonyl (C=O) groups excluding carboxylic acids is 1. The Morgan fingerprint density at radius 2 is 2.15 bits per heavy atom. The van der Waals surface area contributed by atoms with Gasteiger partial charge in [-0.05, 0) is 19.3 Å². The van der Waals surface area contributed by atoms with Gasteiger partial charge >= 0.3 is 0 Å². The molecule has 2 aliphatic heterocycles. The Labute approximate surface area is 118 Å². The number of hydrogen-bond acceptors (Lipinski definition) is 5. The van der Waals surface area contributed by atoms with E-state index in [9.17, 15) is 4.79 Å². The minimum absolute atomic E-state index is 0.0491. The Morgan fingerprint density at radius 1 is 1.30 bits per heavy atom. The molecule has 2 aliphatic rings. The number of rotatable bonds is 3. The number of amides is 1. The van der Waals surface area contributed by atoms with E-state index in [4.69, 9.17) is 4.74 Å². The maximum atomic E-state index is 12.0. The fourth-order valence-corrected chi connectivity index (χ4v) is 2.77. The second kappa shape index (κ2) is 6.17. The van der Waals surface area contributed by atoms with Crippen molar-refractivity contribution in [1.29, 1.82) is 0 Å². The number of hydrogen-bond donors (Lipinski definition) is 1. The summed E-state index contributed by atoms with van der Waals surface area (Å²) in [6.07, 6.45) is 7.94. The lowest BCUT2D eigenvalue weighted by atomic mass is 10.0. The topological polar surface area (TPSA) is 67.4 Å². The van der Waals surface area contributed by atoms with Crippen LogP contribution in [0.2, 0.25) is 0 Å². The Kier molecular flexibility index (Phi) is 4.11. The Hall–Kier alpha value is -1.69. The molecule has 0 aromatic carbocycles. The van der Waals surface area contributed by atoms with Gasteiger partial charge in [0.05, 0.1) is 18.7 Å². The molecule has 1 aromatic heterocycles. The molecule has 0 bridgehead atoms. The first kappa shape index (κ1) is 13.3. The maximum Gasteiger partial charge on any atom is 0.225 e. The zero-order valence-corrected chi connectivity index (χ0v) is 11.5. The summed E-state index contributed by atoms with van der Waals surface area (Å²) in [5.74, 6) is 1.12. The average molecular weight is 276 g/mol. The zero-order valence-electron chi connectivity index (χ0n) is 11.5. The van der Waals surface area contributed by atoms with Crippen LogP contribution in [0, 0.1) is 5.92 Å². The van der Waals surface area contributed by atoms with Crippen LogP contribution in [0.4, 0.5) is 5.82 Å². The summed E-state index contributed by atoms with van der Waals surface area (Å²) in [7, 11) is 0. The normalized spacial score (nSPS) is 23.8. The lowest BCUT2D eigenvalue weighted by Gasteiger charge is -2.33. The molecule has 20 heavy (non-hydrogen) atoms. The number of aromatic nitrogens is 2. The van der Waals surface area contributed by atoms with Gasteiger partial charge in [-0.25, -0.2) is 4.98 Å². The van der Waals surface area contributed by atoms with Gasteiger partial charge in [-0.1, -0.05) is 0 Å².